The molecule has 1 N–H and O–H groups in total. The highest BCUT2D eigenvalue weighted by Crippen LogP contribution is 2.30. The summed E-state index contributed by atoms with van der Waals surface area (Å²) in [5, 5.41) is 3.44. The lowest BCUT2D eigenvalue weighted by atomic mass is 9.98. The van der Waals surface area contributed by atoms with Gasteiger partial charge in [0, 0.05) is 9.50 Å². The molecule has 0 saturated heterocycles. The van der Waals surface area contributed by atoms with Crippen LogP contribution in [-0.4, -0.2) is 6.54 Å². The number of nitrogens with one attached hydrogen (secondary N) is 1. The van der Waals surface area contributed by atoms with E-state index in [4.69, 9.17) is 11.6 Å². The van der Waals surface area contributed by atoms with Crippen LogP contribution in [0.2, 0.25) is 5.02 Å². The van der Waals surface area contributed by atoms with Gasteiger partial charge in [-0.3, -0.25) is 0 Å². The van der Waals surface area contributed by atoms with Gasteiger partial charge in [-0.25, -0.2) is 8.78 Å². The molecule has 2 aromatic carbocycles. The summed E-state index contributed by atoms with van der Waals surface area (Å²) in [5.41, 5.74) is 1.46. The largest absolute Gasteiger partial charge is 0.306 e. The molecule has 1 nitrogen and oxygen atoms in total. The molecule has 0 aliphatic rings. The molecule has 5 heteroatoms. The Morgan fingerprint density at radius 2 is 1.75 bits per heavy atom. The average Bonchev–Trinajstić information content (AvgIpc) is 2.42. The minimum atomic E-state index is -0.940. The molecule has 20 heavy (non-hydrogen) atoms. The number of hydrogen-bond acceptors (Lipinski definition) is 1. The van der Waals surface area contributed by atoms with Gasteiger partial charge in [-0.2, -0.15) is 0 Å². The number of benzene rings is 2. The van der Waals surface area contributed by atoms with Crippen molar-refractivity contribution in [1.29, 1.82) is 0 Å². The van der Waals surface area contributed by atoms with Crippen LogP contribution in [0.15, 0.2) is 40.9 Å². The second-order valence-electron chi connectivity index (χ2n) is 4.33. The van der Waals surface area contributed by atoms with E-state index in [1.807, 2.05) is 31.2 Å². The van der Waals surface area contributed by atoms with Crippen molar-refractivity contribution in [1.82, 2.24) is 5.32 Å². The van der Waals surface area contributed by atoms with E-state index in [9.17, 15) is 8.78 Å². The van der Waals surface area contributed by atoms with Crippen molar-refractivity contribution in [2.75, 3.05) is 6.54 Å². The van der Waals surface area contributed by atoms with Gasteiger partial charge in [-0.15, -0.1) is 0 Å². The van der Waals surface area contributed by atoms with Crippen LogP contribution >= 0.6 is 27.5 Å². The molecule has 0 aliphatic heterocycles. The van der Waals surface area contributed by atoms with Gasteiger partial charge in [-0.1, -0.05) is 46.6 Å². The zero-order valence-corrected chi connectivity index (χ0v) is 13.1. The van der Waals surface area contributed by atoms with Gasteiger partial charge in [0.05, 0.1) is 6.04 Å². The molecule has 0 spiro atoms. The van der Waals surface area contributed by atoms with Crippen molar-refractivity contribution in [3.05, 3.63) is 68.7 Å². The van der Waals surface area contributed by atoms with Gasteiger partial charge in [0.15, 0.2) is 11.6 Å². The Balaban J connectivity index is 2.48. The minimum absolute atomic E-state index is 0.206. The first kappa shape index (κ1) is 15.4. The molecule has 0 bridgehead atoms. The summed E-state index contributed by atoms with van der Waals surface area (Å²) in [6.07, 6.45) is 0. The van der Waals surface area contributed by atoms with Crippen LogP contribution in [0.4, 0.5) is 8.78 Å². The predicted octanol–water partition coefficient (Wildman–Crippen LogP) is 5.08. The maximum atomic E-state index is 13.5. The molecule has 0 heterocycles. The average molecular weight is 361 g/mol. The van der Waals surface area contributed by atoms with Crippen LogP contribution in [0, 0.1) is 11.6 Å². The summed E-state index contributed by atoms with van der Waals surface area (Å²) in [4.78, 5) is 0. The Morgan fingerprint density at radius 1 is 1.15 bits per heavy atom. The molecule has 0 aliphatic carbocycles. The maximum absolute atomic E-state index is 13.5. The summed E-state index contributed by atoms with van der Waals surface area (Å²) >= 11 is 9.43. The number of halogens is 4. The van der Waals surface area contributed by atoms with Crippen molar-refractivity contribution in [3.8, 4) is 0 Å². The molecule has 106 valence electrons. The van der Waals surface area contributed by atoms with Crippen LogP contribution < -0.4 is 5.32 Å². The van der Waals surface area contributed by atoms with Crippen LogP contribution in [0.25, 0.3) is 0 Å². The molecule has 0 fully saturated rings. The number of hydrogen-bond donors (Lipinski definition) is 1. The van der Waals surface area contributed by atoms with E-state index in [-0.39, 0.29) is 11.1 Å². The van der Waals surface area contributed by atoms with E-state index in [1.165, 1.54) is 0 Å². The maximum Gasteiger partial charge on any atom is 0.160 e. The third-order valence-corrected chi connectivity index (χ3v) is 3.82. The summed E-state index contributed by atoms with van der Waals surface area (Å²) in [6, 6.07) is 9.49. The first-order valence-corrected chi connectivity index (χ1v) is 7.33. The van der Waals surface area contributed by atoms with E-state index in [0.717, 1.165) is 22.2 Å². The fraction of sp³-hybridized carbons (Fsp3) is 0.200. The van der Waals surface area contributed by atoms with Crippen molar-refractivity contribution in [3.63, 3.8) is 0 Å². The Hall–Kier alpha value is -0.970. The van der Waals surface area contributed by atoms with Gasteiger partial charge in [0.1, 0.15) is 0 Å². The molecule has 2 aromatic rings. The Kier molecular flexibility index (Phi) is 5.13. The molecule has 1 unspecified atom stereocenters. The molecular formula is C15H13BrClF2N. The Bertz CT molecular complexity index is 602. The second kappa shape index (κ2) is 6.66. The third-order valence-electron chi connectivity index (χ3n) is 2.96. The van der Waals surface area contributed by atoms with Crippen molar-refractivity contribution >= 4 is 27.5 Å². The van der Waals surface area contributed by atoms with Gasteiger partial charge < -0.3 is 5.32 Å². The molecule has 0 radical (unpaired) electrons. The molecule has 1 atom stereocenters. The third kappa shape index (κ3) is 3.37. The smallest absolute Gasteiger partial charge is 0.160 e. The van der Waals surface area contributed by atoms with E-state index in [2.05, 4.69) is 21.2 Å². The highest BCUT2D eigenvalue weighted by atomic mass is 79.9. The first-order valence-electron chi connectivity index (χ1n) is 6.16. The molecule has 2 rings (SSSR count). The summed E-state index contributed by atoms with van der Waals surface area (Å²) < 4.78 is 27.6. The van der Waals surface area contributed by atoms with E-state index in [1.54, 1.807) is 0 Å². The van der Waals surface area contributed by atoms with Crippen LogP contribution in [0.1, 0.15) is 24.1 Å². The van der Waals surface area contributed by atoms with Crippen molar-refractivity contribution in [2.24, 2.45) is 0 Å². The summed E-state index contributed by atoms with van der Waals surface area (Å²) in [6.45, 7) is 2.62. The van der Waals surface area contributed by atoms with Gasteiger partial charge >= 0.3 is 0 Å². The van der Waals surface area contributed by atoms with E-state index in [0.29, 0.717) is 12.1 Å². The standard InChI is InChI=1S/C15H13BrClF2N/c1-2-20-15(9-3-5-10(16)6-4-9)11-7-13(18)14(19)8-12(11)17/h3-8,15,20H,2H2,1H3. The van der Waals surface area contributed by atoms with Gasteiger partial charge in [-0.05, 0) is 41.9 Å². The van der Waals surface area contributed by atoms with Gasteiger partial charge in [0.2, 0.25) is 0 Å². The lowest BCUT2D eigenvalue weighted by molar-refractivity contribution is 0.504. The lowest BCUT2D eigenvalue weighted by Crippen LogP contribution is -2.22. The topological polar surface area (TPSA) is 12.0 Å². The molecular weight excluding hydrogens is 348 g/mol. The molecule has 0 saturated carbocycles. The van der Waals surface area contributed by atoms with Gasteiger partial charge in [0.25, 0.3) is 0 Å². The Labute approximate surface area is 130 Å². The minimum Gasteiger partial charge on any atom is -0.306 e. The van der Waals surface area contributed by atoms with Crippen molar-refractivity contribution < 1.29 is 8.78 Å². The monoisotopic (exact) mass is 359 g/mol. The predicted molar refractivity (Wildman–Crippen MR) is 81.0 cm³/mol. The first-order chi connectivity index (χ1) is 9.52. The Morgan fingerprint density at radius 3 is 2.35 bits per heavy atom. The molecule has 0 aromatic heterocycles. The van der Waals surface area contributed by atoms with Crippen LogP contribution in [0.5, 0.6) is 0 Å². The highest BCUT2D eigenvalue weighted by molar-refractivity contribution is 9.10. The summed E-state index contributed by atoms with van der Waals surface area (Å²) in [7, 11) is 0. The summed E-state index contributed by atoms with van der Waals surface area (Å²) in [5.74, 6) is -1.84. The van der Waals surface area contributed by atoms with Crippen molar-refractivity contribution in [2.45, 2.75) is 13.0 Å². The zero-order valence-electron chi connectivity index (χ0n) is 10.8. The second-order valence-corrected chi connectivity index (χ2v) is 5.65. The lowest BCUT2D eigenvalue weighted by Gasteiger charge is -2.20. The van der Waals surface area contributed by atoms with Crippen LogP contribution in [-0.2, 0) is 0 Å². The highest BCUT2D eigenvalue weighted by Gasteiger charge is 2.18. The SMILES string of the molecule is CCNC(c1ccc(Br)cc1)c1cc(F)c(F)cc1Cl. The normalized spacial score (nSPS) is 12.4. The quantitative estimate of drug-likeness (QED) is 0.750. The van der Waals surface area contributed by atoms with E-state index >= 15 is 0 Å². The fourth-order valence-electron chi connectivity index (χ4n) is 2.03. The molecule has 0 amide bonds. The zero-order chi connectivity index (χ0) is 14.7. The number of rotatable bonds is 4. The fourth-order valence-corrected chi connectivity index (χ4v) is 2.55. The van der Waals surface area contributed by atoms with E-state index < -0.39 is 11.6 Å². The van der Waals surface area contributed by atoms with Crippen LogP contribution in [0.3, 0.4) is 0 Å².